The van der Waals surface area contributed by atoms with Gasteiger partial charge in [-0.05, 0) is 24.6 Å². The Kier molecular flexibility index (Phi) is 7.07. The zero-order valence-electron chi connectivity index (χ0n) is 14.5. The number of methoxy groups -OCH3 is 1. The third-order valence-corrected chi connectivity index (χ3v) is 3.84. The molecule has 1 heterocycles. The number of halogens is 3. The highest BCUT2D eigenvalue weighted by Gasteiger charge is 2.32. The number of nitrogens with zero attached hydrogens (tertiary/aromatic N) is 2. The maximum Gasteiger partial charge on any atom is 0.416 e. The summed E-state index contributed by atoms with van der Waals surface area (Å²) in [6.45, 7) is 5.21. The van der Waals surface area contributed by atoms with Gasteiger partial charge in [0.15, 0.2) is 5.96 Å². The molecule has 1 unspecified atom stereocenters. The maximum atomic E-state index is 12.9. The number of guanidine groups is 1. The summed E-state index contributed by atoms with van der Waals surface area (Å²) < 4.78 is 49.5. The fourth-order valence-electron chi connectivity index (χ4n) is 2.63. The molecule has 140 valence electrons. The van der Waals surface area contributed by atoms with Crippen LogP contribution in [0.5, 0.6) is 0 Å². The number of rotatable bonds is 5. The van der Waals surface area contributed by atoms with Crippen LogP contribution in [0.2, 0.25) is 0 Å². The Balaban J connectivity index is 2.13. The van der Waals surface area contributed by atoms with Crippen LogP contribution < -0.4 is 5.32 Å². The van der Waals surface area contributed by atoms with Crippen LogP contribution in [0.25, 0.3) is 0 Å². The summed E-state index contributed by atoms with van der Waals surface area (Å²) in [6.07, 6.45) is -4.79. The second-order valence-corrected chi connectivity index (χ2v) is 5.66. The summed E-state index contributed by atoms with van der Waals surface area (Å²) >= 11 is 0. The van der Waals surface area contributed by atoms with Crippen LogP contribution in [-0.2, 0) is 15.7 Å². The first kappa shape index (κ1) is 19.5. The first-order valence-corrected chi connectivity index (χ1v) is 8.26. The lowest BCUT2D eigenvalue weighted by Crippen LogP contribution is -2.48. The highest BCUT2D eigenvalue weighted by molar-refractivity contribution is 5.80. The number of nitrogens with one attached hydrogen (secondary N) is 1. The normalized spacial score (nSPS) is 19.2. The SMILES string of the molecule is CCNC(=NCCOC)N1CCOC(c2cccc(C(F)(F)F)c2)C1. The molecule has 8 heteroatoms. The second-order valence-electron chi connectivity index (χ2n) is 5.66. The monoisotopic (exact) mass is 359 g/mol. The van der Waals surface area contributed by atoms with Gasteiger partial charge in [-0.2, -0.15) is 13.2 Å². The molecular weight excluding hydrogens is 335 g/mol. The fraction of sp³-hybridized carbons (Fsp3) is 0.588. The molecule has 1 saturated heterocycles. The van der Waals surface area contributed by atoms with Crippen molar-refractivity contribution in [1.29, 1.82) is 0 Å². The Bertz CT molecular complexity index is 579. The summed E-state index contributed by atoms with van der Waals surface area (Å²) in [4.78, 5) is 6.49. The molecule has 1 fully saturated rings. The fourth-order valence-corrected chi connectivity index (χ4v) is 2.63. The number of aliphatic imine (C=N–C) groups is 1. The van der Waals surface area contributed by atoms with Crippen molar-refractivity contribution < 1.29 is 22.6 Å². The Morgan fingerprint density at radius 2 is 2.24 bits per heavy atom. The van der Waals surface area contributed by atoms with Crippen LogP contribution in [-0.4, -0.2) is 57.4 Å². The third-order valence-electron chi connectivity index (χ3n) is 3.84. The maximum absolute atomic E-state index is 12.9. The lowest BCUT2D eigenvalue weighted by atomic mass is 10.0. The number of hydrogen-bond donors (Lipinski definition) is 1. The Hall–Kier alpha value is -1.80. The standard InChI is InChI=1S/C17H24F3N3O2/c1-3-21-16(22-7-9-24-2)23-8-10-25-15(12-23)13-5-4-6-14(11-13)17(18,19)20/h4-6,11,15H,3,7-10,12H2,1-2H3,(H,21,22). The van der Waals surface area contributed by atoms with E-state index in [-0.39, 0.29) is 0 Å². The molecule has 0 aromatic heterocycles. The van der Waals surface area contributed by atoms with Crippen LogP contribution in [0.15, 0.2) is 29.3 Å². The molecule has 1 aromatic rings. The summed E-state index contributed by atoms with van der Waals surface area (Å²) in [7, 11) is 1.61. The average Bonchev–Trinajstić information content (AvgIpc) is 2.61. The molecule has 1 aliphatic rings. The van der Waals surface area contributed by atoms with Crippen LogP contribution in [0.1, 0.15) is 24.2 Å². The topological polar surface area (TPSA) is 46.1 Å². The average molecular weight is 359 g/mol. The second kappa shape index (κ2) is 9.05. The van der Waals surface area contributed by atoms with Crippen molar-refractivity contribution in [2.24, 2.45) is 4.99 Å². The van der Waals surface area contributed by atoms with Crippen molar-refractivity contribution >= 4 is 5.96 Å². The van der Waals surface area contributed by atoms with E-state index in [1.54, 1.807) is 13.2 Å². The van der Waals surface area contributed by atoms with Gasteiger partial charge < -0.3 is 19.7 Å². The summed E-state index contributed by atoms with van der Waals surface area (Å²) in [6, 6.07) is 5.31. The zero-order valence-corrected chi connectivity index (χ0v) is 14.5. The summed E-state index contributed by atoms with van der Waals surface area (Å²) in [5, 5.41) is 3.20. The van der Waals surface area contributed by atoms with Crippen molar-refractivity contribution in [3.05, 3.63) is 35.4 Å². The zero-order chi connectivity index (χ0) is 18.3. The predicted octanol–water partition coefficient (Wildman–Crippen LogP) is 2.69. The quantitative estimate of drug-likeness (QED) is 0.499. The molecule has 0 bridgehead atoms. The molecule has 0 saturated carbocycles. The van der Waals surface area contributed by atoms with Gasteiger partial charge in [-0.25, -0.2) is 0 Å². The van der Waals surface area contributed by atoms with E-state index >= 15 is 0 Å². The van der Waals surface area contributed by atoms with Crippen molar-refractivity contribution in [3.63, 3.8) is 0 Å². The largest absolute Gasteiger partial charge is 0.416 e. The first-order chi connectivity index (χ1) is 12.0. The molecule has 0 amide bonds. The molecule has 25 heavy (non-hydrogen) atoms. The lowest BCUT2D eigenvalue weighted by Gasteiger charge is -2.35. The third kappa shape index (κ3) is 5.61. The van der Waals surface area contributed by atoms with Gasteiger partial charge in [0.2, 0.25) is 0 Å². The van der Waals surface area contributed by atoms with E-state index in [1.807, 2.05) is 11.8 Å². The number of hydrogen-bond acceptors (Lipinski definition) is 3. The molecule has 1 aromatic carbocycles. The number of morpholine rings is 1. The van der Waals surface area contributed by atoms with Crippen molar-refractivity contribution in [2.75, 3.05) is 46.5 Å². The van der Waals surface area contributed by atoms with Gasteiger partial charge in [0.25, 0.3) is 0 Å². The molecule has 1 aliphatic heterocycles. The van der Waals surface area contributed by atoms with Gasteiger partial charge in [0.1, 0.15) is 6.10 Å². The van der Waals surface area contributed by atoms with Crippen molar-refractivity contribution in [3.8, 4) is 0 Å². The minimum absolute atomic E-state index is 0.426. The molecule has 0 spiro atoms. The predicted molar refractivity (Wildman–Crippen MR) is 89.6 cm³/mol. The molecule has 1 N–H and O–H groups in total. The van der Waals surface area contributed by atoms with E-state index in [9.17, 15) is 13.2 Å². The molecule has 0 radical (unpaired) electrons. The lowest BCUT2D eigenvalue weighted by molar-refractivity contribution is -0.137. The highest BCUT2D eigenvalue weighted by Crippen LogP contribution is 2.32. The van der Waals surface area contributed by atoms with Gasteiger partial charge in [0.05, 0.1) is 31.9 Å². The Morgan fingerprint density at radius 3 is 2.92 bits per heavy atom. The van der Waals surface area contributed by atoms with Gasteiger partial charge in [0, 0.05) is 20.2 Å². The Labute approximate surface area is 145 Å². The smallest absolute Gasteiger partial charge is 0.383 e. The van der Waals surface area contributed by atoms with Gasteiger partial charge in [-0.1, -0.05) is 12.1 Å². The first-order valence-electron chi connectivity index (χ1n) is 8.26. The molecule has 5 nitrogen and oxygen atoms in total. The van der Waals surface area contributed by atoms with Crippen LogP contribution in [0, 0.1) is 0 Å². The van der Waals surface area contributed by atoms with Crippen LogP contribution in [0.4, 0.5) is 13.2 Å². The van der Waals surface area contributed by atoms with Gasteiger partial charge >= 0.3 is 6.18 Å². The molecule has 1 atom stereocenters. The van der Waals surface area contributed by atoms with E-state index in [2.05, 4.69) is 10.3 Å². The number of benzene rings is 1. The summed E-state index contributed by atoms with van der Waals surface area (Å²) in [5.41, 5.74) is -0.140. The van der Waals surface area contributed by atoms with E-state index in [0.717, 1.165) is 18.1 Å². The van der Waals surface area contributed by atoms with E-state index in [1.165, 1.54) is 6.07 Å². The van der Waals surface area contributed by atoms with Gasteiger partial charge in [-0.15, -0.1) is 0 Å². The van der Waals surface area contributed by atoms with Gasteiger partial charge in [-0.3, -0.25) is 4.99 Å². The highest BCUT2D eigenvalue weighted by atomic mass is 19.4. The number of ether oxygens (including phenoxy) is 2. The molecule has 2 rings (SSSR count). The minimum Gasteiger partial charge on any atom is -0.383 e. The molecular formula is C17H24F3N3O2. The summed E-state index contributed by atoms with van der Waals surface area (Å²) in [5.74, 6) is 0.722. The van der Waals surface area contributed by atoms with Crippen molar-refractivity contribution in [1.82, 2.24) is 10.2 Å². The van der Waals surface area contributed by atoms with E-state index in [0.29, 0.717) is 45.0 Å². The van der Waals surface area contributed by atoms with Crippen LogP contribution >= 0.6 is 0 Å². The van der Waals surface area contributed by atoms with Crippen molar-refractivity contribution in [2.45, 2.75) is 19.2 Å². The molecule has 0 aliphatic carbocycles. The number of alkyl halides is 3. The van der Waals surface area contributed by atoms with Crippen LogP contribution in [0.3, 0.4) is 0 Å². The van der Waals surface area contributed by atoms with E-state index in [4.69, 9.17) is 9.47 Å². The Morgan fingerprint density at radius 1 is 1.44 bits per heavy atom. The minimum atomic E-state index is -4.36. The van der Waals surface area contributed by atoms with E-state index < -0.39 is 17.8 Å².